The molecule has 1 N–H and O–H groups in total. The Hall–Kier alpha value is -0.0800. The van der Waals surface area contributed by atoms with Crippen LogP contribution in [0.25, 0.3) is 0 Å². The maximum Gasteiger partial charge on any atom is 0.0736 e. The van der Waals surface area contributed by atoms with E-state index in [0.29, 0.717) is 12.0 Å². The largest absolute Gasteiger partial charge is 0.377 e. The van der Waals surface area contributed by atoms with E-state index < -0.39 is 0 Å². The van der Waals surface area contributed by atoms with E-state index in [4.69, 9.17) is 4.74 Å². The fourth-order valence-corrected chi connectivity index (χ4v) is 1.28. The van der Waals surface area contributed by atoms with E-state index in [1.54, 1.807) is 0 Å². The highest BCUT2D eigenvalue weighted by atomic mass is 16.5. The summed E-state index contributed by atoms with van der Waals surface area (Å²) in [5.41, 5.74) is 0. The summed E-state index contributed by atoms with van der Waals surface area (Å²) < 4.78 is 5.60. The molecule has 0 aliphatic carbocycles. The van der Waals surface area contributed by atoms with Gasteiger partial charge in [-0.1, -0.05) is 13.8 Å². The molecule has 1 aliphatic heterocycles. The number of rotatable bonds is 3. The van der Waals surface area contributed by atoms with Crippen molar-refractivity contribution in [3.8, 4) is 0 Å². The minimum atomic E-state index is 0.472. The van der Waals surface area contributed by atoms with Crippen LogP contribution in [0.5, 0.6) is 0 Å². The van der Waals surface area contributed by atoms with Crippen LogP contribution in [0.2, 0.25) is 0 Å². The van der Waals surface area contributed by atoms with E-state index in [0.717, 1.165) is 26.1 Å². The number of nitrogens with one attached hydrogen (secondary N) is 1. The van der Waals surface area contributed by atoms with Crippen molar-refractivity contribution in [2.24, 2.45) is 5.92 Å². The van der Waals surface area contributed by atoms with Gasteiger partial charge < -0.3 is 10.1 Å². The minimum Gasteiger partial charge on any atom is -0.377 e. The SMILES string of the molecule is CCCOC1CNCC1C. The first-order valence-corrected chi connectivity index (χ1v) is 4.17. The van der Waals surface area contributed by atoms with Crippen molar-refractivity contribution in [2.45, 2.75) is 26.4 Å². The topological polar surface area (TPSA) is 21.3 Å². The first kappa shape index (κ1) is 8.02. The zero-order valence-corrected chi connectivity index (χ0v) is 6.89. The van der Waals surface area contributed by atoms with Crippen molar-refractivity contribution in [1.29, 1.82) is 0 Å². The summed E-state index contributed by atoms with van der Waals surface area (Å²) in [4.78, 5) is 0. The monoisotopic (exact) mass is 143 g/mol. The van der Waals surface area contributed by atoms with E-state index in [2.05, 4.69) is 19.2 Å². The second kappa shape index (κ2) is 3.94. The molecule has 0 aromatic heterocycles. The molecule has 0 bridgehead atoms. The van der Waals surface area contributed by atoms with Crippen LogP contribution in [0, 0.1) is 5.92 Å². The Kier molecular flexibility index (Phi) is 3.16. The lowest BCUT2D eigenvalue weighted by atomic mass is 10.1. The van der Waals surface area contributed by atoms with Crippen molar-refractivity contribution in [2.75, 3.05) is 19.7 Å². The number of ether oxygens (including phenoxy) is 1. The molecule has 0 amide bonds. The Balaban J connectivity index is 2.14. The van der Waals surface area contributed by atoms with Crippen molar-refractivity contribution < 1.29 is 4.74 Å². The van der Waals surface area contributed by atoms with Crippen LogP contribution in [-0.4, -0.2) is 25.8 Å². The van der Waals surface area contributed by atoms with Crippen molar-refractivity contribution in [3.05, 3.63) is 0 Å². The van der Waals surface area contributed by atoms with Gasteiger partial charge in [0, 0.05) is 19.7 Å². The smallest absolute Gasteiger partial charge is 0.0736 e. The summed E-state index contributed by atoms with van der Waals surface area (Å²) >= 11 is 0. The molecule has 0 saturated carbocycles. The maximum absolute atomic E-state index is 5.60. The predicted octanol–water partition coefficient (Wildman–Crippen LogP) is 1.02. The van der Waals surface area contributed by atoms with Crippen molar-refractivity contribution in [1.82, 2.24) is 5.32 Å². The second-order valence-electron chi connectivity index (χ2n) is 3.04. The molecule has 2 nitrogen and oxygen atoms in total. The molecule has 60 valence electrons. The van der Waals surface area contributed by atoms with Gasteiger partial charge in [-0.2, -0.15) is 0 Å². The van der Waals surface area contributed by atoms with Crippen molar-refractivity contribution >= 4 is 0 Å². The molecule has 2 heteroatoms. The Morgan fingerprint density at radius 1 is 1.50 bits per heavy atom. The summed E-state index contributed by atoms with van der Waals surface area (Å²) in [6.07, 6.45) is 1.60. The van der Waals surface area contributed by atoms with Gasteiger partial charge >= 0.3 is 0 Å². The number of hydrogen-bond acceptors (Lipinski definition) is 2. The Morgan fingerprint density at radius 3 is 2.80 bits per heavy atom. The summed E-state index contributed by atoms with van der Waals surface area (Å²) in [5.74, 6) is 0.701. The standard InChI is InChI=1S/C8H17NO/c1-3-4-10-8-6-9-5-7(8)2/h7-9H,3-6H2,1-2H3. The predicted molar refractivity (Wildman–Crippen MR) is 42.1 cm³/mol. The fraction of sp³-hybridized carbons (Fsp3) is 1.00. The van der Waals surface area contributed by atoms with Crippen LogP contribution in [0.4, 0.5) is 0 Å². The molecule has 10 heavy (non-hydrogen) atoms. The van der Waals surface area contributed by atoms with Gasteiger partial charge in [0.2, 0.25) is 0 Å². The third kappa shape index (κ3) is 1.96. The first-order chi connectivity index (χ1) is 4.84. The Labute approximate surface area is 63.0 Å². The molecule has 0 aromatic carbocycles. The summed E-state index contributed by atoms with van der Waals surface area (Å²) in [6, 6.07) is 0. The van der Waals surface area contributed by atoms with Gasteiger partial charge in [0.25, 0.3) is 0 Å². The zero-order valence-electron chi connectivity index (χ0n) is 6.89. The molecule has 0 radical (unpaired) electrons. The summed E-state index contributed by atoms with van der Waals surface area (Å²) in [7, 11) is 0. The average molecular weight is 143 g/mol. The highest BCUT2D eigenvalue weighted by Crippen LogP contribution is 2.11. The molecule has 2 atom stereocenters. The molecular weight excluding hydrogens is 126 g/mol. The zero-order chi connectivity index (χ0) is 7.40. The van der Waals surface area contributed by atoms with Crippen LogP contribution >= 0.6 is 0 Å². The lowest BCUT2D eigenvalue weighted by Crippen LogP contribution is -2.21. The highest BCUT2D eigenvalue weighted by molar-refractivity contribution is 4.78. The van der Waals surface area contributed by atoms with Crippen LogP contribution < -0.4 is 5.32 Å². The van der Waals surface area contributed by atoms with Gasteiger partial charge in [-0.3, -0.25) is 0 Å². The van der Waals surface area contributed by atoms with Gasteiger partial charge in [0.05, 0.1) is 6.10 Å². The normalized spacial score (nSPS) is 33.0. The summed E-state index contributed by atoms with van der Waals surface area (Å²) in [6.45, 7) is 7.46. The molecule has 0 spiro atoms. The second-order valence-corrected chi connectivity index (χ2v) is 3.04. The van der Waals surface area contributed by atoms with E-state index in [1.807, 2.05) is 0 Å². The van der Waals surface area contributed by atoms with Gasteiger partial charge in [-0.15, -0.1) is 0 Å². The number of hydrogen-bond donors (Lipinski definition) is 1. The van der Waals surface area contributed by atoms with E-state index >= 15 is 0 Å². The van der Waals surface area contributed by atoms with Gasteiger partial charge in [-0.05, 0) is 12.3 Å². The lowest BCUT2D eigenvalue weighted by molar-refractivity contribution is 0.0430. The third-order valence-corrected chi connectivity index (χ3v) is 1.98. The maximum atomic E-state index is 5.60. The Bertz CT molecular complexity index is 95.3. The lowest BCUT2D eigenvalue weighted by Gasteiger charge is -2.13. The van der Waals surface area contributed by atoms with Crippen LogP contribution in [0.1, 0.15) is 20.3 Å². The fourth-order valence-electron chi connectivity index (χ4n) is 1.28. The van der Waals surface area contributed by atoms with Gasteiger partial charge in [-0.25, -0.2) is 0 Å². The summed E-state index contributed by atoms with van der Waals surface area (Å²) in [5, 5.41) is 3.31. The van der Waals surface area contributed by atoms with Gasteiger partial charge in [0.1, 0.15) is 0 Å². The molecule has 1 fully saturated rings. The molecule has 1 aliphatic rings. The van der Waals surface area contributed by atoms with Crippen molar-refractivity contribution in [3.63, 3.8) is 0 Å². The highest BCUT2D eigenvalue weighted by Gasteiger charge is 2.22. The molecular formula is C8H17NO. The molecule has 2 unspecified atom stereocenters. The molecule has 1 saturated heterocycles. The van der Waals surface area contributed by atoms with E-state index in [-0.39, 0.29) is 0 Å². The van der Waals surface area contributed by atoms with E-state index in [1.165, 1.54) is 0 Å². The van der Waals surface area contributed by atoms with E-state index in [9.17, 15) is 0 Å². The molecule has 1 rings (SSSR count). The average Bonchev–Trinajstić information content (AvgIpc) is 2.31. The quantitative estimate of drug-likeness (QED) is 0.637. The minimum absolute atomic E-state index is 0.472. The molecule has 0 aromatic rings. The van der Waals surface area contributed by atoms with Crippen LogP contribution in [0.3, 0.4) is 0 Å². The van der Waals surface area contributed by atoms with Crippen LogP contribution in [-0.2, 0) is 4.74 Å². The van der Waals surface area contributed by atoms with Crippen LogP contribution in [0.15, 0.2) is 0 Å². The molecule has 1 heterocycles. The van der Waals surface area contributed by atoms with Gasteiger partial charge in [0.15, 0.2) is 0 Å². The Morgan fingerprint density at radius 2 is 2.30 bits per heavy atom. The third-order valence-electron chi connectivity index (χ3n) is 1.98. The first-order valence-electron chi connectivity index (χ1n) is 4.17.